The molecule has 1 aromatic heterocycles. The van der Waals surface area contributed by atoms with Crippen LogP contribution in [0.15, 0.2) is 54.6 Å². The van der Waals surface area contributed by atoms with Crippen LogP contribution in [0.2, 0.25) is 5.02 Å². The van der Waals surface area contributed by atoms with E-state index in [9.17, 15) is 4.21 Å². The lowest BCUT2D eigenvalue weighted by molar-refractivity contribution is 0.560. The van der Waals surface area contributed by atoms with E-state index >= 15 is 0 Å². The Bertz CT molecular complexity index is 855. The van der Waals surface area contributed by atoms with E-state index < -0.39 is 15.7 Å². The van der Waals surface area contributed by atoms with Crippen molar-refractivity contribution in [2.75, 3.05) is 0 Å². The van der Waals surface area contributed by atoms with Gasteiger partial charge in [-0.15, -0.1) is 11.3 Å². The molecule has 0 aliphatic rings. The molecule has 1 heterocycles. The molecule has 5 heteroatoms. The quantitative estimate of drug-likeness (QED) is 0.628. The fourth-order valence-electron chi connectivity index (χ4n) is 2.87. The van der Waals surface area contributed by atoms with Crippen molar-refractivity contribution < 1.29 is 4.21 Å². The Morgan fingerprint density at radius 2 is 1.83 bits per heavy atom. The number of rotatable bonds is 5. The molecule has 0 bridgehead atoms. The number of nitrogens with two attached hydrogens (primary N) is 1. The van der Waals surface area contributed by atoms with Gasteiger partial charge in [-0.2, -0.15) is 0 Å². The van der Waals surface area contributed by atoms with Crippen molar-refractivity contribution in [3.05, 3.63) is 70.1 Å². The third-order valence-electron chi connectivity index (χ3n) is 4.31. The van der Waals surface area contributed by atoms with Gasteiger partial charge in [-0.25, -0.2) is 4.21 Å². The van der Waals surface area contributed by atoms with E-state index in [4.69, 9.17) is 16.7 Å². The van der Waals surface area contributed by atoms with E-state index in [0.717, 1.165) is 10.6 Å². The Morgan fingerprint density at radius 1 is 1.17 bits per heavy atom. The van der Waals surface area contributed by atoms with Crippen LogP contribution in [-0.2, 0) is 11.0 Å². The molecular formula is C19H20ClNOS2. The minimum atomic E-state index is -1.41. The Morgan fingerprint density at radius 3 is 2.50 bits per heavy atom. The second kappa shape index (κ2) is 6.96. The van der Waals surface area contributed by atoms with E-state index in [2.05, 4.69) is 18.2 Å². The van der Waals surface area contributed by atoms with Crippen LogP contribution in [-0.4, -0.2) is 8.96 Å². The highest BCUT2D eigenvalue weighted by molar-refractivity contribution is 7.84. The zero-order chi connectivity index (χ0) is 17.3. The van der Waals surface area contributed by atoms with Crippen molar-refractivity contribution in [1.29, 1.82) is 0 Å². The lowest BCUT2D eigenvalue weighted by atomic mass is 9.88. The lowest BCUT2D eigenvalue weighted by Crippen LogP contribution is -2.33. The van der Waals surface area contributed by atoms with Crippen molar-refractivity contribution in [2.24, 2.45) is 5.14 Å². The molecule has 1 unspecified atom stereocenters. The van der Waals surface area contributed by atoms with Crippen molar-refractivity contribution in [3.8, 4) is 0 Å². The summed E-state index contributed by atoms with van der Waals surface area (Å²) >= 11 is 8.24. The maximum Gasteiger partial charge on any atom is 0.0945 e. The Labute approximate surface area is 154 Å². The highest BCUT2D eigenvalue weighted by atomic mass is 35.5. The minimum absolute atomic E-state index is 0.0681. The summed E-state index contributed by atoms with van der Waals surface area (Å²) in [5.41, 5.74) is 1.06. The average Bonchev–Trinajstić information content (AvgIpc) is 2.97. The summed E-state index contributed by atoms with van der Waals surface area (Å²) in [4.78, 5) is 1.22. The molecule has 0 aliphatic carbocycles. The molecule has 0 radical (unpaired) electrons. The molecule has 24 heavy (non-hydrogen) atoms. The third-order valence-corrected chi connectivity index (χ3v) is 7.14. The zero-order valence-corrected chi connectivity index (χ0v) is 16.0. The smallest absolute Gasteiger partial charge is 0.0945 e. The molecule has 2 N–H and O–H groups in total. The van der Waals surface area contributed by atoms with Crippen LogP contribution in [0.5, 0.6) is 0 Å². The highest BCUT2D eigenvalue weighted by Gasteiger charge is 2.31. The van der Waals surface area contributed by atoms with Gasteiger partial charge in [0.1, 0.15) is 0 Å². The molecule has 0 spiro atoms. The summed E-state index contributed by atoms with van der Waals surface area (Å²) < 4.78 is 12.7. The van der Waals surface area contributed by atoms with Crippen LogP contribution in [0.3, 0.4) is 0 Å². The zero-order valence-electron chi connectivity index (χ0n) is 13.7. The van der Waals surface area contributed by atoms with Crippen molar-refractivity contribution >= 4 is 44.0 Å². The van der Waals surface area contributed by atoms with E-state index in [-0.39, 0.29) is 5.92 Å². The first-order valence-corrected chi connectivity index (χ1v) is 10.2. The summed E-state index contributed by atoms with van der Waals surface area (Å²) in [6.45, 7) is 3.89. The molecule has 0 fully saturated rings. The monoisotopic (exact) mass is 377 g/mol. The van der Waals surface area contributed by atoms with Gasteiger partial charge in [-0.3, -0.25) is 5.14 Å². The van der Waals surface area contributed by atoms with E-state index in [1.807, 2.05) is 50.2 Å². The van der Waals surface area contributed by atoms with E-state index in [0.29, 0.717) is 6.42 Å². The molecule has 3 rings (SSSR count). The van der Waals surface area contributed by atoms with Gasteiger partial charge in [0.05, 0.1) is 15.7 Å². The van der Waals surface area contributed by atoms with Crippen LogP contribution < -0.4 is 5.14 Å². The second-order valence-electron chi connectivity index (χ2n) is 6.52. The number of halogens is 1. The summed E-state index contributed by atoms with van der Waals surface area (Å²) in [5.74, 6) is 0.0681. The standard InChI is InChI=1S/C19H20ClNOS2/c1-19(2,24(21)22)12-15(14-8-4-5-9-16(14)20)18-11-13-7-3-6-10-17(13)23-18/h3-11,15H,12,21H2,1-2H3/t15-,24?/m1/s1. The molecule has 2 atom stereocenters. The van der Waals surface area contributed by atoms with Crippen molar-refractivity contribution in [3.63, 3.8) is 0 Å². The summed E-state index contributed by atoms with van der Waals surface area (Å²) in [6, 6.07) is 18.4. The van der Waals surface area contributed by atoms with Gasteiger partial charge in [-0.05, 0) is 49.4 Å². The number of hydrogen-bond donors (Lipinski definition) is 1. The van der Waals surface area contributed by atoms with Gasteiger partial charge in [0.15, 0.2) is 0 Å². The van der Waals surface area contributed by atoms with Crippen LogP contribution in [0, 0.1) is 0 Å². The molecule has 126 valence electrons. The summed E-state index contributed by atoms with van der Waals surface area (Å²) in [7, 11) is -1.41. The normalized spacial score (nSPS) is 14.7. The summed E-state index contributed by atoms with van der Waals surface area (Å²) in [5, 5.41) is 7.69. The number of benzene rings is 2. The fourth-order valence-corrected chi connectivity index (χ4v) is 4.65. The van der Waals surface area contributed by atoms with Crippen LogP contribution >= 0.6 is 22.9 Å². The maximum atomic E-state index is 12.0. The van der Waals surface area contributed by atoms with Crippen LogP contribution in [0.25, 0.3) is 10.1 Å². The van der Waals surface area contributed by atoms with E-state index in [1.54, 1.807) is 11.3 Å². The molecular weight excluding hydrogens is 358 g/mol. The molecule has 2 aromatic carbocycles. The molecule has 0 amide bonds. The van der Waals surface area contributed by atoms with Gasteiger partial charge < -0.3 is 0 Å². The first-order chi connectivity index (χ1) is 11.4. The highest BCUT2D eigenvalue weighted by Crippen LogP contribution is 2.42. The molecule has 0 saturated carbocycles. The van der Waals surface area contributed by atoms with Crippen LogP contribution in [0.1, 0.15) is 36.6 Å². The van der Waals surface area contributed by atoms with Crippen molar-refractivity contribution in [1.82, 2.24) is 0 Å². The van der Waals surface area contributed by atoms with Gasteiger partial charge in [0.25, 0.3) is 0 Å². The second-order valence-corrected chi connectivity index (χ2v) is 9.74. The lowest BCUT2D eigenvalue weighted by Gasteiger charge is -2.27. The van der Waals surface area contributed by atoms with Gasteiger partial charge in [0, 0.05) is 20.5 Å². The average molecular weight is 378 g/mol. The molecule has 2 nitrogen and oxygen atoms in total. The Balaban J connectivity index is 2.11. The van der Waals surface area contributed by atoms with Gasteiger partial charge >= 0.3 is 0 Å². The van der Waals surface area contributed by atoms with Gasteiger partial charge in [-0.1, -0.05) is 48.0 Å². The molecule has 3 aromatic rings. The number of thiophene rings is 1. The van der Waals surface area contributed by atoms with Crippen LogP contribution in [0.4, 0.5) is 0 Å². The predicted molar refractivity (Wildman–Crippen MR) is 106 cm³/mol. The maximum absolute atomic E-state index is 12.0. The first-order valence-electron chi connectivity index (χ1n) is 7.77. The predicted octanol–water partition coefficient (Wildman–Crippen LogP) is 5.48. The van der Waals surface area contributed by atoms with E-state index in [1.165, 1.54) is 15.0 Å². The first kappa shape index (κ1) is 17.6. The Kier molecular flexibility index (Phi) is 5.11. The molecule has 0 aliphatic heterocycles. The Hall–Kier alpha value is -1.20. The van der Waals surface area contributed by atoms with Crippen molar-refractivity contribution in [2.45, 2.75) is 30.9 Å². The third kappa shape index (κ3) is 3.57. The van der Waals surface area contributed by atoms with Gasteiger partial charge in [0.2, 0.25) is 0 Å². The fraction of sp³-hybridized carbons (Fsp3) is 0.263. The number of fused-ring (bicyclic) bond motifs is 1. The topological polar surface area (TPSA) is 43.1 Å². The molecule has 0 saturated heterocycles. The number of hydrogen-bond acceptors (Lipinski definition) is 2. The SMILES string of the molecule is CC(C)(C[C@@H](c1cc2ccccc2s1)c1ccccc1Cl)S(N)=O. The largest absolute Gasteiger partial charge is 0.251 e. The summed E-state index contributed by atoms with van der Waals surface area (Å²) in [6.07, 6.45) is 0.673. The minimum Gasteiger partial charge on any atom is -0.251 e.